The second-order valence-corrected chi connectivity index (χ2v) is 10.8. The molecule has 3 aliphatic heterocycles. The third kappa shape index (κ3) is 4.86. The summed E-state index contributed by atoms with van der Waals surface area (Å²) in [4.78, 5) is 41.2. The second-order valence-electron chi connectivity index (χ2n) is 9.80. The van der Waals surface area contributed by atoms with Gasteiger partial charge in [-0.1, -0.05) is 31.2 Å². The first-order valence-electron chi connectivity index (χ1n) is 13.4. The Morgan fingerprint density at radius 1 is 1.10 bits per heavy atom. The maximum absolute atomic E-state index is 15.3. The van der Waals surface area contributed by atoms with Gasteiger partial charge in [-0.15, -0.1) is 11.8 Å². The number of hydrogen-bond donors (Lipinski definition) is 0. The number of carbonyl (C=O) groups is 2. The molecule has 2 atom stereocenters. The predicted octanol–water partition coefficient (Wildman–Crippen LogP) is 4.17. The molecule has 1 fully saturated rings. The summed E-state index contributed by atoms with van der Waals surface area (Å²) < 4.78 is 52.5. The smallest absolute Gasteiger partial charge is 0.451 e. The maximum atomic E-state index is 15.3. The number of carbonyl (C=O) groups excluding carboxylic acids is 2. The molecule has 220 valence electrons. The minimum absolute atomic E-state index is 0.0929. The van der Waals surface area contributed by atoms with Crippen LogP contribution in [0, 0.1) is 11.6 Å². The lowest BCUT2D eigenvalue weighted by Gasteiger charge is -2.51. The van der Waals surface area contributed by atoms with Crippen LogP contribution in [0.5, 0.6) is 5.75 Å². The topological polar surface area (TPSA) is 99.5 Å². The number of hydrogen-bond acceptors (Lipinski definition) is 9. The Morgan fingerprint density at radius 2 is 1.93 bits per heavy atom. The van der Waals surface area contributed by atoms with Gasteiger partial charge in [-0.3, -0.25) is 19.3 Å². The van der Waals surface area contributed by atoms with Gasteiger partial charge < -0.3 is 23.8 Å². The van der Waals surface area contributed by atoms with Crippen molar-refractivity contribution in [3.8, 4) is 5.75 Å². The molecule has 3 aliphatic rings. The van der Waals surface area contributed by atoms with Crippen LogP contribution in [0.15, 0.2) is 58.4 Å². The molecule has 1 aromatic heterocycles. The zero-order chi connectivity index (χ0) is 29.4. The van der Waals surface area contributed by atoms with E-state index in [4.69, 9.17) is 18.9 Å². The number of fused-ring (bicyclic) bond motifs is 4. The van der Waals surface area contributed by atoms with Crippen LogP contribution < -0.4 is 15.2 Å². The number of benzene rings is 2. The van der Waals surface area contributed by atoms with E-state index in [0.29, 0.717) is 12.0 Å². The van der Waals surface area contributed by atoms with E-state index in [1.54, 1.807) is 11.0 Å². The molecule has 10 nitrogen and oxygen atoms in total. The Kier molecular flexibility index (Phi) is 7.78. The average molecular weight is 600 g/mol. The van der Waals surface area contributed by atoms with E-state index in [1.165, 1.54) is 28.7 Å². The van der Waals surface area contributed by atoms with E-state index in [-0.39, 0.29) is 49.1 Å². The van der Waals surface area contributed by atoms with Crippen molar-refractivity contribution in [3.05, 3.63) is 92.9 Å². The van der Waals surface area contributed by atoms with Crippen molar-refractivity contribution in [1.82, 2.24) is 9.58 Å². The standard InChI is InChI=1S/C29H27F2N3O7S/c1-2-12-39-29(37)41-16-40-27-21(35)9-10-33-26(27)28(36)32-11-13-38-14-23(32)34(33)25-17-7-8-20(30)24(31)19(17)15-42-22-6-4-3-5-18(22)25/h3-10,23,25H,2,11-16H2,1H3/t23-,25+/m1/s1. The molecule has 0 aliphatic carbocycles. The number of rotatable bonds is 6. The highest BCUT2D eigenvalue weighted by Gasteiger charge is 2.46. The zero-order valence-corrected chi connectivity index (χ0v) is 23.4. The summed E-state index contributed by atoms with van der Waals surface area (Å²) in [6.45, 7) is 1.93. The predicted molar refractivity (Wildman–Crippen MR) is 147 cm³/mol. The first-order chi connectivity index (χ1) is 20.4. The summed E-state index contributed by atoms with van der Waals surface area (Å²) in [5, 5.41) is 1.83. The van der Waals surface area contributed by atoms with Crippen LogP contribution in [0.3, 0.4) is 0 Å². The van der Waals surface area contributed by atoms with Gasteiger partial charge in [0, 0.05) is 35.0 Å². The van der Waals surface area contributed by atoms with Crippen LogP contribution in [0.25, 0.3) is 0 Å². The van der Waals surface area contributed by atoms with Gasteiger partial charge >= 0.3 is 6.16 Å². The molecule has 13 heteroatoms. The first kappa shape index (κ1) is 28.0. The zero-order valence-electron chi connectivity index (χ0n) is 22.6. The molecule has 0 radical (unpaired) electrons. The number of halogens is 2. The molecule has 0 spiro atoms. The normalized spacial score (nSPS) is 19.2. The van der Waals surface area contributed by atoms with Gasteiger partial charge in [-0.05, 0) is 29.7 Å². The highest BCUT2D eigenvalue weighted by molar-refractivity contribution is 7.98. The summed E-state index contributed by atoms with van der Waals surface area (Å²) in [5.41, 5.74) is 0.836. The average Bonchev–Trinajstić information content (AvgIpc) is 3.16. The van der Waals surface area contributed by atoms with Crippen molar-refractivity contribution in [2.45, 2.75) is 36.2 Å². The Morgan fingerprint density at radius 3 is 2.76 bits per heavy atom. The lowest BCUT2D eigenvalue weighted by molar-refractivity contribution is -0.0212. The van der Waals surface area contributed by atoms with Gasteiger partial charge in [0.25, 0.3) is 5.91 Å². The molecule has 1 amide bonds. The molecule has 1 saturated heterocycles. The van der Waals surface area contributed by atoms with E-state index in [0.717, 1.165) is 16.5 Å². The summed E-state index contributed by atoms with van der Waals surface area (Å²) in [7, 11) is 0. The van der Waals surface area contributed by atoms with E-state index in [9.17, 15) is 18.8 Å². The fraction of sp³-hybridized carbons (Fsp3) is 0.345. The molecule has 0 bridgehead atoms. The Bertz CT molecular complexity index is 1600. The van der Waals surface area contributed by atoms with Gasteiger partial charge in [0.05, 0.1) is 25.9 Å². The molecule has 0 unspecified atom stereocenters. The monoisotopic (exact) mass is 599 g/mol. The van der Waals surface area contributed by atoms with Gasteiger partial charge in [0.1, 0.15) is 6.17 Å². The van der Waals surface area contributed by atoms with Crippen LogP contribution in [-0.4, -0.2) is 61.0 Å². The second kappa shape index (κ2) is 11.6. The highest BCUT2D eigenvalue weighted by atomic mass is 32.2. The lowest BCUT2D eigenvalue weighted by Crippen LogP contribution is -2.66. The molecular weight excluding hydrogens is 572 g/mol. The molecule has 3 aromatic rings. The van der Waals surface area contributed by atoms with Crippen molar-refractivity contribution in [3.63, 3.8) is 0 Å². The summed E-state index contributed by atoms with van der Waals surface area (Å²) in [5.74, 6) is -2.49. The Balaban J connectivity index is 1.51. The van der Waals surface area contributed by atoms with Crippen LogP contribution >= 0.6 is 11.8 Å². The largest absolute Gasteiger partial charge is 0.511 e. The van der Waals surface area contributed by atoms with E-state index >= 15 is 4.39 Å². The summed E-state index contributed by atoms with van der Waals surface area (Å²) >= 11 is 1.39. The van der Waals surface area contributed by atoms with Gasteiger partial charge in [0.2, 0.25) is 18.0 Å². The summed E-state index contributed by atoms with van der Waals surface area (Å²) in [6, 6.07) is 10.7. The quantitative estimate of drug-likeness (QED) is 0.305. The number of nitrogens with zero attached hydrogens (tertiary/aromatic N) is 3. The van der Waals surface area contributed by atoms with Crippen molar-refractivity contribution >= 4 is 23.8 Å². The van der Waals surface area contributed by atoms with Gasteiger partial charge in [0.15, 0.2) is 17.3 Å². The fourth-order valence-corrected chi connectivity index (χ4v) is 6.59. The Hall–Kier alpha value is -4.10. The molecule has 6 rings (SSSR count). The highest BCUT2D eigenvalue weighted by Crippen LogP contribution is 2.45. The molecule has 42 heavy (non-hydrogen) atoms. The number of thioether (sulfide) groups is 1. The minimum atomic E-state index is -0.971. The van der Waals surface area contributed by atoms with Crippen LogP contribution in [-0.2, 0) is 20.0 Å². The van der Waals surface area contributed by atoms with Crippen LogP contribution in [0.2, 0.25) is 0 Å². The molecule has 4 heterocycles. The fourth-order valence-electron chi connectivity index (χ4n) is 5.47. The van der Waals surface area contributed by atoms with Crippen molar-refractivity contribution < 1.29 is 37.3 Å². The van der Waals surface area contributed by atoms with Crippen LogP contribution in [0.4, 0.5) is 13.6 Å². The number of amides is 1. The minimum Gasteiger partial charge on any atom is -0.451 e. The summed E-state index contributed by atoms with van der Waals surface area (Å²) in [6.07, 6.45) is 0.417. The molecular formula is C29H27F2N3O7S. The molecule has 0 saturated carbocycles. The molecule has 0 N–H and O–H groups in total. The third-order valence-corrected chi connectivity index (χ3v) is 8.45. The lowest BCUT2D eigenvalue weighted by atomic mass is 9.93. The van der Waals surface area contributed by atoms with Gasteiger partial charge in [-0.2, -0.15) is 0 Å². The number of morpholine rings is 1. The van der Waals surface area contributed by atoms with E-state index in [1.807, 2.05) is 36.2 Å². The van der Waals surface area contributed by atoms with E-state index < -0.39 is 48.1 Å². The molecule has 2 aromatic carbocycles. The van der Waals surface area contributed by atoms with Crippen LogP contribution in [0.1, 0.15) is 46.6 Å². The third-order valence-electron chi connectivity index (χ3n) is 7.34. The number of aromatic nitrogens is 1. The SMILES string of the molecule is CCCOC(=O)OCOc1c2n(ccc1=O)N([C@@H]1c3ccccc3SCc3c1ccc(F)c3F)[C@@H]1COCCN1C2=O. The maximum Gasteiger partial charge on any atom is 0.511 e. The number of pyridine rings is 1. The Labute approximate surface area is 243 Å². The van der Waals surface area contributed by atoms with Crippen molar-refractivity contribution in [1.29, 1.82) is 0 Å². The van der Waals surface area contributed by atoms with Crippen molar-refractivity contribution in [2.75, 3.05) is 38.2 Å². The van der Waals surface area contributed by atoms with Gasteiger partial charge in [-0.25, -0.2) is 13.6 Å². The number of ether oxygens (including phenoxy) is 4. The van der Waals surface area contributed by atoms with Crippen molar-refractivity contribution in [2.24, 2.45) is 0 Å². The first-order valence-corrected chi connectivity index (χ1v) is 14.4. The van der Waals surface area contributed by atoms with E-state index in [2.05, 4.69) is 0 Å².